The molecule has 0 unspecified atom stereocenters. The zero-order valence-corrected chi connectivity index (χ0v) is 11.8. The van der Waals surface area contributed by atoms with Gasteiger partial charge in [0.2, 0.25) is 0 Å². The van der Waals surface area contributed by atoms with Gasteiger partial charge in [-0.2, -0.15) is 0 Å². The van der Waals surface area contributed by atoms with Crippen LogP contribution >= 0.6 is 11.6 Å². The number of nitrogens with one attached hydrogen (secondary N) is 1. The average Bonchev–Trinajstić information content (AvgIpc) is 2.91. The zero-order chi connectivity index (χ0) is 15.2. The van der Waals surface area contributed by atoms with Crippen molar-refractivity contribution < 1.29 is 14.3 Å². The minimum absolute atomic E-state index is 0.165. The summed E-state index contributed by atoms with van der Waals surface area (Å²) < 4.78 is 6.19. The van der Waals surface area contributed by atoms with E-state index < -0.39 is 18.0 Å². The first-order valence-corrected chi connectivity index (χ1v) is 6.39. The van der Waals surface area contributed by atoms with Crippen LogP contribution in [-0.4, -0.2) is 38.2 Å². The summed E-state index contributed by atoms with van der Waals surface area (Å²) in [5.41, 5.74) is 0.524. The first kappa shape index (κ1) is 14.9. The van der Waals surface area contributed by atoms with Crippen LogP contribution < -0.4 is 5.32 Å². The maximum atomic E-state index is 11.9. The van der Waals surface area contributed by atoms with E-state index in [2.05, 4.69) is 20.8 Å². The second-order valence-corrected chi connectivity index (χ2v) is 4.58. The molecular weight excluding hydrogens is 298 g/mol. The summed E-state index contributed by atoms with van der Waals surface area (Å²) in [5.74, 6) is -1.07. The smallest absolute Gasteiger partial charge is 0.328 e. The molecule has 0 saturated heterocycles. The van der Waals surface area contributed by atoms with Crippen LogP contribution in [0.5, 0.6) is 0 Å². The van der Waals surface area contributed by atoms with Gasteiger partial charge in [-0.3, -0.25) is 9.59 Å². The SMILES string of the molecule is C[C@H](OC(=O)Cn1cnnn1)C(=O)Nc1cccc(Cl)c1. The van der Waals surface area contributed by atoms with Crippen LogP contribution in [0.25, 0.3) is 0 Å². The fraction of sp³-hybridized carbons (Fsp3) is 0.250. The molecule has 0 aliphatic heterocycles. The number of nitrogens with zero attached hydrogens (tertiary/aromatic N) is 4. The van der Waals surface area contributed by atoms with Crippen molar-refractivity contribution in [3.63, 3.8) is 0 Å². The molecular formula is C12H12ClN5O3. The third kappa shape index (κ3) is 4.53. The predicted octanol–water partition coefficient (Wildman–Crippen LogP) is 0.897. The minimum atomic E-state index is -0.951. The maximum absolute atomic E-state index is 11.9. The summed E-state index contributed by atoms with van der Waals surface area (Å²) in [6, 6.07) is 6.66. The topological polar surface area (TPSA) is 99.0 Å². The van der Waals surface area contributed by atoms with E-state index in [0.717, 1.165) is 0 Å². The van der Waals surface area contributed by atoms with Gasteiger partial charge in [-0.1, -0.05) is 17.7 Å². The van der Waals surface area contributed by atoms with Gasteiger partial charge >= 0.3 is 5.97 Å². The molecule has 1 N–H and O–H groups in total. The van der Waals surface area contributed by atoms with E-state index in [9.17, 15) is 9.59 Å². The maximum Gasteiger partial charge on any atom is 0.328 e. The van der Waals surface area contributed by atoms with Gasteiger partial charge < -0.3 is 10.1 Å². The summed E-state index contributed by atoms with van der Waals surface area (Å²) in [6.45, 7) is 1.30. The van der Waals surface area contributed by atoms with Crippen molar-refractivity contribution in [2.75, 3.05) is 5.32 Å². The Morgan fingerprint density at radius 2 is 2.29 bits per heavy atom. The van der Waals surface area contributed by atoms with Gasteiger partial charge in [0.05, 0.1) is 0 Å². The van der Waals surface area contributed by atoms with E-state index in [1.807, 2.05) is 0 Å². The Labute approximate surface area is 125 Å². The highest BCUT2D eigenvalue weighted by atomic mass is 35.5. The fourth-order valence-electron chi connectivity index (χ4n) is 1.48. The summed E-state index contributed by atoms with van der Waals surface area (Å²) in [5, 5.41) is 13.4. The molecule has 0 saturated carbocycles. The number of ether oxygens (including phenoxy) is 1. The van der Waals surface area contributed by atoms with Crippen LogP contribution in [0.4, 0.5) is 5.69 Å². The molecule has 1 aromatic heterocycles. The van der Waals surface area contributed by atoms with Crippen LogP contribution in [0.2, 0.25) is 5.02 Å². The number of benzene rings is 1. The molecule has 1 heterocycles. The van der Waals surface area contributed by atoms with Crippen LogP contribution in [0.3, 0.4) is 0 Å². The van der Waals surface area contributed by atoms with Gasteiger partial charge in [0.25, 0.3) is 5.91 Å². The number of tetrazole rings is 1. The predicted molar refractivity (Wildman–Crippen MR) is 73.5 cm³/mol. The minimum Gasteiger partial charge on any atom is -0.451 e. The Morgan fingerprint density at radius 1 is 1.48 bits per heavy atom. The molecule has 110 valence electrons. The monoisotopic (exact) mass is 309 g/mol. The molecule has 9 heteroatoms. The molecule has 0 fully saturated rings. The number of amides is 1. The lowest BCUT2D eigenvalue weighted by Crippen LogP contribution is -2.31. The van der Waals surface area contributed by atoms with Crippen molar-refractivity contribution in [1.82, 2.24) is 20.2 Å². The number of carbonyl (C=O) groups excluding carboxylic acids is 2. The number of hydrogen-bond donors (Lipinski definition) is 1. The van der Waals surface area contributed by atoms with Gasteiger partial charge in [0.15, 0.2) is 6.10 Å². The molecule has 21 heavy (non-hydrogen) atoms. The largest absolute Gasteiger partial charge is 0.451 e. The van der Waals surface area contributed by atoms with Gasteiger partial charge in [0.1, 0.15) is 12.9 Å². The lowest BCUT2D eigenvalue weighted by Gasteiger charge is -2.13. The molecule has 0 spiro atoms. The van der Waals surface area contributed by atoms with Crippen LogP contribution in [0.1, 0.15) is 6.92 Å². The zero-order valence-electron chi connectivity index (χ0n) is 11.1. The molecule has 0 aliphatic carbocycles. The quantitative estimate of drug-likeness (QED) is 0.824. The molecule has 1 amide bonds. The van der Waals surface area contributed by atoms with E-state index in [1.54, 1.807) is 24.3 Å². The number of hydrogen-bond acceptors (Lipinski definition) is 6. The van der Waals surface area contributed by atoms with Gasteiger partial charge in [-0.05, 0) is 35.5 Å². The van der Waals surface area contributed by atoms with Crippen molar-refractivity contribution in [2.24, 2.45) is 0 Å². The number of anilines is 1. The van der Waals surface area contributed by atoms with Gasteiger partial charge in [-0.15, -0.1) is 5.10 Å². The molecule has 8 nitrogen and oxygen atoms in total. The van der Waals surface area contributed by atoms with Crippen molar-refractivity contribution in [3.05, 3.63) is 35.6 Å². The molecule has 2 rings (SSSR count). The Morgan fingerprint density at radius 3 is 2.95 bits per heavy atom. The fourth-order valence-corrected chi connectivity index (χ4v) is 1.67. The molecule has 0 bridgehead atoms. The number of rotatable bonds is 5. The Bertz CT molecular complexity index is 632. The van der Waals surface area contributed by atoms with Crippen LogP contribution in [0.15, 0.2) is 30.6 Å². The van der Waals surface area contributed by atoms with Gasteiger partial charge in [0, 0.05) is 10.7 Å². The Kier molecular flexibility index (Phi) is 4.83. The van der Waals surface area contributed by atoms with E-state index >= 15 is 0 Å². The molecule has 1 atom stereocenters. The Hall–Kier alpha value is -2.48. The van der Waals surface area contributed by atoms with Crippen molar-refractivity contribution in [2.45, 2.75) is 19.6 Å². The normalized spacial score (nSPS) is 11.7. The first-order valence-electron chi connectivity index (χ1n) is 6.01. The van der Waals surface area contributed by atoms with Crippen LogP contribution in [0, 0.1) is 0 Å². The van der Waals surface area contributed by atoms with E-state index in [1.165, 1.54) is 17.9 Å². The van der Waals surface area contributed by atoms with Crippen molar-refractivity contribution >= 4 is 29.2 Å². The van der Waals surface area contributed by atoms with Crippen LogP contribution in [-0.2, 0) is 20.9 Å². The molecule has 1 aromatic carbocycles. The summed E-state index contributed by atoms with van der Waals surface area (Å²) in [6.07, 6.45) is 0.325. The lowest BCUT2D eigenvalue weighted by molar-refractivity contribution is -0.153. The third-order valence-corrected chi connectivity index (χ3v) is 2.69. The van der Waals surface area contributed by atoms with E-state index in [4.69, 9.17) is 16.3 Å². The second-order valence-electron chi connectivity index (χ2n) is 4.14. The Balaban J connectivity index is 1.86. The number of halogens is 1. The van der Waals surface area contributed by atoms with E-state index in [-0.39, 0.29) is 6.54 Å². The molecule has 2 aromatic rings. The van der Waals surface area contributed by atoms with E-state index in [0.29, 0.717) is 10.7 Å². The number of carbonyl (C=O) groups is 2. The highest BCUT2D eigenvalue weighted by molar-refractivity contribution is 6.30. The highest BCUT2D eigenvalue weighted by Crippen LogP contribution is 2.15. The summed E-state index contributed by atoms with van der Waals surface area (Å²) >= 11 is 5.81. The average molecular weight is 310 g/mol. The highest BCUT2D eigenvalue weighted by Gasteiger charge is 2.18. The van der Waals surface area contributed by atoms with Gasteiger partial charge in [-0.25, -0.2) is 4.68 Å². The van der Waals surface area contributed by atoms with Crippen molar-refractivity contribution in [3.8, 4) is 0 Å². The summed E-state index contributed by atoms with van der Waals surface area (Å²) in [4.78, 5) is 23.5. The standard InChI is InChI=1S/C12H12ClN5O3/c1-8(21-11(19)6-18-7-14-16-17-18)12(20)15-10-4-2-3-9(13)5-10/h2-5,7-8H,6H2,1H3,(H,15,20)/t8-/m0/s1. The summed E-state index contributed by atoms with van der Waals surface area (Å²) in [7, 11) is 0. The molecule has 0 radical (unpaired) electrons. The molecule has 0 aliphatic rings. The third-order valence-electron chi connectivity index (χ3n) is 2.45. The lowest BCUT2D eigenvalue weighted by atomic mass is 10.3. The van der Waals surface area contributed by atoms with Crippen molar-refractivity contribution in [1.29, 1.82) is 0 Å². The second kappa shape index (κ2) is 6.80. The number of esters is 1. The number of aromatic nitrogens is 4. The first-order chi connectivity index (χ1) is 10.0.